The maximum atomic E-state index is 14.0. The van der Waals surface area contributed by atoms with Crippen molar-refractivity contribution in [1.82, 2.24) is 9.78 Å². The normalized spacial score (nSPS) is 13.4. The zero-order valence-corrected chi connectivity index (χ0v) is 13.9. The van der Waals surface area contributed by atoms with E-state index in [9.17, 15) is 14.0 Å². The number of aromatic nitrogens is 2. The number of hydrogen-bond acceptors (Lipinski definition) is 4. The summed E-state index contributed by atoms with van der Waals surface area (Å²) in [5, 5.41) is 4.33. The number of hydrogen-bond donors (Lipinski definition) is 1. The van der Waals surface area contributed by atoms with Crippen molar-refractivity contribution >= 4 is 23.3 Å². The maximum absolute atomic E-state index is 14.0. The maximum Gasteiger partial charge on any atom is 0.267 e. The summed E-state index contributed by atoms with van der Waals surface area (Å²) in [4.78, 5) is 26.2. The lowest BCUT2D eigenvalue weighted by molar-refractivity contribution is 0.0925. The molecule has 26 heavy (non-hydrogen) atoms. The fourth-order valence-corrected chi connectivity index (χ4v) is 3.05. The van der Waals surface area contributed by atoms with E-state index in [2.05, 4.69) is 5.10 Å². The van der Waals surface area contributed by atoms with E-state index in [-0.39, 0.29) is 12.4 Å². The van der Waals surface area contributed by atoms with Gasteiger partial charge >= 0.3 is 0 Å². The molecular formula is C19H15FN4O2. The van der Waals surface area contributed by atoms with Gasteiger partial charge in [0.25, 0.3) is 11.8 Å². The molecule has 1 aliphatic rings. The quantitative estimate of drug-likeness (QED) is 0.582. The van der Waals surface area contributed by atoms with Crippen LogP contribution in [-0.4, -0.2) is 21.6 Å². The number of carbonyl (C=O) groups excluding carboxylic acids is 2. The second-order valence-corrected chi connectivity index (χ2v) is 6.10. The molecule has 2 N–H and O–H groups in total. The largest absolute Gasteiger partial charge is 0.398 e. The van der Waals surface area contributed by atoms with E-state index in [1.54, 1.807) is 43.3 Å². The number of carbonyl (C=O) groups is 2. The Morgan fingerprint density at radius 1 is 1.04 bits per heavy atom. The van der Waals surface area contributed by atoms with Gasteiger partial charge in [-0.1, -0.05) is 18.2 Å². The summed E-state index contributed by atoms with van der Waals surface area (Å²) < 4.78 is 15.6. The molecule has 0 atom stereocenters. The molecule has 2 heterocycles. The van der Waals surface area contributed by atoms with Gasteiger partial charge < -0.3 is 5.73 Å². The van der Waals surface area contributed by atoms with Crippen molar-refractivity contribution in [2.24, 2.45) is 0 Å². The highest BCUT2D eigenvalue weighted by molar-refractivity contribution is 6.34. The van der Waals surface area contributed by atoms with Gasteiger partial charge in [-0.05, 0) is 31.2 Å². The molecule has 1 aliphatic heterocycles. The second-order valence-electron chi connectivity index (χ2n) is 6.10. The van der Waals surface area contributed by atoms with Crippen molar-refractivity contribution in [3.05, 3.63) is 76.7 Å². The third-order valence-corrected chi connectivity index (χ3v) is 4.45. The number of fused-ring (bicyclic) bond motifs is 1. The predicted octanol–water partition coefficient (Wildman–Crippen LogP) is 2.76. The first-order valence-corrected chi connectivity index (χ1v) is 8.02. The van der Waals surface area contributed by atoms with Crippen LogP contribution in [0.4, 0.5) is 15.9 Å². The number of anilines is 2. The molecule has 0 fully saturated rings. The standard InChI is InChI=1S/C19H15FN4O2/c1-11-9-17(22-23(11)10-14-15(20)7-4-8-16(14)21)24-18(25)12-5-2-3-6-13(12)19(24)26/h2-9H,10,21H2,1H3. The lowest BCUT2D eigenvalue weighted by Gasteiger charge is -2.11. The second kappa shape index (κ2) is 5.80. The van der Waals surface area contributed by atoms with Crippen molar-refractivity contribution in [1.29, 1.82) is 0 Å². The topological polar surface area (TPSA) is 81.2 Å². The van der Waals surface area contributed by atoms with E-state index in [1.807, 2.05) is 0 Å². The van der Waals surface area contributed by atoms with E-state index in [0.29, 0.717) is 28.1 Å². The zero-order chi connectivity index (χ0) is 18.4. The smallest absolute Gasteiger partial charge is 0.267 e. The fourth-order valence-electron chi connectivity index (χ4n) is 3.05. The molecule has 1 aromatic heterocycles. The van der Waals surface area contributed by atoms with Crippen LogP contribution >= 0.6 is 0 Å². The number of nitrogens with zero attached hydrogens (tertiary/aromatic N) is 3. The van der Waals surface area contributed by atoms with Crippen LogP contribution in [0.3, 0.4) is 0 Å². The van der Waals surface area contributed by atoms with Crippen molar-refractivity contribution in [2.45, 2.75) is 13.5 Å². The summed E-state index contributed by atoms with van der Waals surface area (Å²) in [6, 6.07) is 12.7. The van der Waals surface area contributed by atoms with Crippen LogP contribution in [-0.2, 0) is 6.54 Å². The third-order valence-electron chi connectivity index (χ3n) is 4.45. The molecule has 0 saturated heterocycles. The molecule has 130 valence electrons. The fraction of sp³-hybridized carbons (Fsp3) is 0.105. The number of imide groups is 1. The summed E-state index contributed by atoms with van der Waals surface area (Å²) in [6.45, 7) is 1.87. The Balaban J connectivity index is 1.70. The van der Waals surface area contributed by atoms with Crippen LogP contribution in [0.5, 0.6) is 0 Å². The molecule has 0 unspecified atom stereocenters. The van der Waals surface area contributed by atoms with Crippen molar-refractivity contribution in [3.8, 4) is 0 Å². The van der Waals surface area contributed by atoms with Crippen LogP contribution < -0.4 is 10.6 Å². The van der Waals surface area contributed by atoms with Gasteiger partial charge in [-0.25, -0.2) is 9.29 Å². The number of halogens is 1. The van der Waals surface area contributed by atoms with Crippen molar-refractivity contribution < 1.29 is 14.0 Å². The molecule has 4 rings (SSSR count). The highest BCUT2D eigenvalue weighted by Gasteiger charge is 2.37. The Morgan fingerprint density at radius 3 is 2.31 bits per heavy atom. The van der Waals surface area contributed by atoms with E-state index in [1.165, 1.54) is 16.8 Å². The zero-order valence-electron chi connectivity index (χ0n) is 13.9. The third kappa shape index (κ3) is 2.36. The van der Waals surface area contributed by atoms with Gasteiger partial charge in [0.05, 0.1) is 17.7 Å². The number of benzene rings is 2. The molecule has 0 saturated carbocycles. The molecule has 0 bridgehead atoms. The van der Waals surface area contributed by atoms with Gasteiger partial charge in [-0.15, -0.1) is 0 Å². The SMILES string of the molecule is Cc1cc(N2C(=O)c3ccccc3C2=O)nn1Cc1c(N)cccc1F. The Labute approximate surface area is 148 Å². The lowest BCUT2D eigenvalue weighted by atomic mass is 10.1. The summed E-state index contributed by atoms with van der Waals surface area (Å²) >= 11 is 0. The summed E-state index contributed by atoms with van der Waals surface area (Å²) in [7, 11) is 0. The van der Waals surface area contributed by atoms with Crippen LogP contribution in [0.2, 0.25) is 0 Å². The minimum atomic E-state index is -0.429. The molecule has 7 heteroatoms. The lowest BCUT2D eigenvalue weighted by Crippen LogP contribution is -2.29. The molecule has 2 amide bonds. The average Bonchev–Trinajstić information content (AvgIpc) is 3.09. The average molecular weight is 350 g/mol. The van der Waals surface area contributed by atoms with Gasteiger partial charge in [-0.3, -0.25) is 14.3 Å². The monoisotopic (exact) mass is 350 g/mol. The number of aryl methyl sites for hydroxylation is 1. The number of amides is 2. The number of nitrogens with two attached hydrogens (primary N) is 1. The molecule has 6 nitrogen and oxygen atoms in total. The minimum Gasteiger partial charge on any atom is -0.398 e. The van der Waals surface area contributed by atoms with Crippen LogP contribution in [0.1, 0.15) is 32.0 Å². The number of nitrogen functional groups attached to an aromatic ring is 1. The molecule has 0 aliphatic carbocycles. The first-order valence-electron chi connectivity index (χ1n) is 8.02. The van der Waals surface area contributed by atoms with Crippen LogP contribution in [0.25, 0.3) is 0 Å². The Bertz CT molecular complexity index is 1000. The first-order chi connectivity index (χ1) is 12.5. The summed E-state index contributed by atoms with van der Waals surface area (Å²) in [5.74, 6) is -1.05. The Hall–Kier alpha value is -3.48. The van der Waals surface area contributed by atoms with Gasteiger partial charge in [0, 0.05) is 23.0 Å². The van der Waals surface area contributed by atoms with Crippen LogP contribution in [0.15, 0.2) is 48.5 Å². The van der Waals surface area contributed by atoms with Gasteiger partial charge in [0.2, 0.25) is 0 Å². The predicted molar refractivity (Wildman–Crippen MR) is 94.5 cm³/mol. The molecule has 0 spiro atoms. The van der Waals surface area contributed by atoms with E-state index in [0.717, 1.165) is 4.90 Å². The van der Waals surface area contributed by atoms with E-state index in [4.69, 9.17) is 5.73 Å². The summed E-state index contributed by atoms with van der Waals surface area (Å²) in [6.07, 6.45) is 0. The molecule has 2 aromatic carbocycles. The minimum absolute atomic E-state index is 0.105. The van der Waals surface area contributed by atoms with Crippen LogP contribution in [0, 0.1) is 12.7 Å². The molecular weight excluding hydrogens is 335 g/mol. The Morgan fingerprint density at radius 2 is 1.69 bits per heavy atom. The van der Waals surface area contributed by atoms with E-state index < -0.39 is 17.6 Å². The van der Waals surface area contributed by atoms with Gasteiger partial charge in [-0.2, -0.15) is 5.10 Å². The first kappa shape index (κ1) is 16.0. The van der Waals surface area contributed by atoms with Crippen molar-refractivity contribution in [2.75, 3.05) is 10.6 Å². The number of rotatable bonds is 3. The highest BCUT2D eigenvalue weighted by Crippen LogP contribution is 2.28. The highest BCUT2D eigenvalue weighted by atomic mass is 19.1. The van der Waals surface area contributed by atoms with E-state index >= 15 is 0 Å². The van der Waals surface area contributed by atoms with Gasteiger partial charge in [0.15, 0.2) is 5.82 Å². The van der Waals surface area contributed by atoms with Gasteiger partial charge in [0.1, 0.15) is 5.82 Å². The summed E-state index contributed by atoms with van der Waals surface area (Å²) in [5.41, 5.74) is 7.86. The molecule has 0 radical (unpaired) electrons. The van der Waals surface area contributed by atoms with Crippen molar-refractivity contribution in [3.63, 3.8) is 0 Å². The molecule has 3 aromatic rings. The Kier molecular flexibility index (Phi) is 3.57.